The van der Waals surface area contributed by atoms with Crippen molar-refractivity contribution in [2.24, 2.45) is 0 Å². The van der Waals surface area contributed by atoms with Gasteiger partial charge in [-0.05, 0) is 55.5 Å². The molecule has 0 aliphatic heterocycles. The number of methoxy groups -OCH3 is 2. The predicted molar refractivity (Wildman–Crippen MR) is 126 cm³/mol. The van der Waals surface area contributed by atoms with E-state index in [2.05, 4.69) is 10.6 Å². The second-order valence-corrected chi connectivity index (χ2v) is 7.82. The van der Waals surface area contributed by atoms with E-state index in [-0.39, 0.29) is 5.75 Å². The van der Waals surface area contributed by atoms with Crippen LogP contribution in [0.15, 0.2) is 48.5 Å². The summed E-state index contributed by atoms with van der Waals surface area (Å²) in [6.45, 7) is 0.366. The number of carbonyl (C=O) groups excluding carboxylic acids is 2. The number of carbonyl (C=O) groups is 3. The van der Waals surface area contributed by atoms with Gasteiger partial charge in [0.2, 0.25) is 5.91 Å². The van der Waals surface area contributed by atoms with Crippen LogP contribution in [0, 0.1) is 0 Å². The second-order valence-electron chi connectivity index (χ2n) is 7.82. The Balaban J connectivity index is 1.92. The van der Waals surface area contributed by atoms with E-state index in [1.165, 1.54) is 14.2 Å². The van der Waals surface area contributed by atoms with Gasteiger partial charge in [0.15, 0.2) is 11.5 Å². The van der Waals surface area contributed by atoms with Crippen molar-refractivity contribution in [2.75, 3.05) is 20.8 Å². The third-order valence-electron chi connectivity index (χ3n) is 5.34. The van der Waals surface area contributed by atoms with Crippen molar-refractivity contribution < 1.29 is 34.1 Å². The highest BCUT2D eigenvalue weighted by Crippen LogP contribution is 2.26. The Bertz CT molecular complexity index is 950. The molecule has 0 aliphatic rings. The van der Waals surface area contributed by atoms with Gasteiger partial charge in [0, 0.05) is 0 Å². The Morgan fingerprint density at radius 1 is 0.971 bits per heavy atom. The number of aliphatic carboxylic acids is 1. The van der Waals surface area contributed by atoms with Crippen molar-refractivity contribution >= 4 is 17.8 Å². The number of benzene rings is 2. The molecule has 0 spiro atoms. The molecular formula is C25H32N2O7. The van der Waals surface area contributed by atoms with Gasteiger partial charge >= 0.3 is 11.9 Å². The Hall–Kier alpha value is -3.59. The number of phenolic OH excluding ortho intramolecular Hbond substituents is 1. The van der Waals surface area contributed by atoms with Crippen LogP contribution in [0.3, 0.4) is 0 Å². The SMILES string of the molecule is COC(=O)C(CCc1ccccc1)NC(=O)[C@H](CC(=O)O)NCCCc1ccc(OC)c(O)c1. The van der Waals surface area contributed by atoms with E-state index in [0.717, 1.165) is 11.1 Å². The maximum absolute atomic E-state index is 12.8. The monoisotopic (exact) mass is 472 g/mol. The van der Waals surface area contributed by atoms with Gasteiger partial charge in [-0.2, -0.15) is 0 Å². The number of carboxylic acids is 1. The summed E-state index contributed by atoms with van der Waals surface area (Å²) in [5.41, 5.74) is 1.89. The van der Waals surface area contributed by atoms with E-state index in [4.69, 9.17) is 9.47 Å². The largest absolute Gasteiger partial charge is 0.504 e. The average Bonchev–Trinajstić information content (AvgIpc) is 2.83. The molecule has 34 heavy (non-hydrogen) atoms. The number of hydrogen-bond acceptors (Lipinski definition) is 7. The number of ether oxygens (including phenoxy) is 2. The third kappa shape index (κ3) is 8.74. The quantitative estimate of drug-likeness (QED) is 0.242. The molecule has 0 radical (unpaired) electrons. The maximum Gasteiger partial charge on any atom is 0.328 e. The fourth-order valence-corrected chi connectivity index (χ4v) is 3.51. The fraction of sp³-hybridized carbons (Fsp3) is 0.400. The van der Waals surface area contributed by atoms with Crippen LogP contribution in [0.25, 0.3) is 0 Å². The highest BCUT2D eigenvalue weighted by atomic mass is 16.5. The minimum absolute atomic E-state index is 0.0421. The minimum atomic E-state index is -1.13. The Morgan fingerprint density at radius 3 is 2.32 bits per heavy atom. The third-order valence-corrected chi connectivity index (χ3v) is 5.34. The number of amides is 1. The lowest BCUT2D eigenvalue weighted by Crippen LogP contribution is -2.51. The maximum atomic E-state index is 12.8. The lowest BCUT2D eigenvalue weighted by atomic mass is 10.0. The molecule has 1 amide bonds. The number of carboxylic acid groups (broad SMARTS) is 1. The van der Waals surface area contributed by atoms with Gasteiger partial charge in [0.05, 0.1) is 26.7 Å². The molecule has 4 N–H and O–H groups in total. The van der Waals surface area contributed by atoms with Gasteiger partial charge in [0.1, 0.15) is 6.04 Å². The normalized spacial score (nSPS) is 12.4. The molecule has 2 rings (SSSR count). The molecule has 2 aromatic rings. The first-order valence-corrected chi connectivity index (χ1v) is 11.1. The predicted octanol–water partition coefficient (Wildman–Crippen LogP) is 2.06. The van der Waals surface area contributed by atoms with Crippen LogP contribution in [0.5, 0.6) is 11.5 Å². The summed E-state index contributed by atoms with van der Waals surface area (Å²) in [7, 11) is 2.71. The number of aryl methyl sites for hydroxylation is 2. The molecule has 0 bridgehead atoms. The van der Waals surface area contributed by atoms with E-state index < -0.39 is 36.4 Å². The highest BCUT2D eigenvalue weighted by molar-refractivity contribution is 5.90. The van der Waals surface area contributed by atoms with Gasteiger partial charge in [-0.3, -0.25) is 9.59 Å². The van der Waals surface area contributed by atoms with Crippen LogP contribution in [0.4, 0.5) is 0 Å². The van der Waals surface area contributed by atoms with E-state index in [0.29, 0.717) is 38.0 Å². The van der Waals surface area contributed by atoms with Crippen molar-refractivity contribution in [1.29, 1.82) is 0 Å². The van der Waals surface area contributed by atoms with Crippen molar-refractivity contribution in [3.8, 4) is 11.5 Å². The highest BCUT2D eigenvalue weighted by Gasteiger charge is 2.27. The Labute approximate surface area is 199 Å². The zero-order valence-corrected chi connectivity index (χ0v) is 19.5. The molecule has 9 heteroatoms. The number of aromatic hydroxyl groups is 1. The Morgan fingerprint density at radius 2 is 1.71 bits per heavy atom. The lowest BCUT2D eigenvalue weighted by Gasteiger charge is -2.21. The van der Waals surface area contributed by atoms with Crippen LogP contribution >= 0.6 is 0 Å². The average molecular weight is 473 g/mol. The molecule has 0 aliphatic carbocycles. The van der Waals surface area contributed by atoms with Gasteiger partial charge < -0.3 is 30.3 Å². The second kappa shape index (κ2) is 13.8. The molecule has 0 saturated heterocycles. The standard InChI is InChI=1S/C25H32N2O7/c1-33-22-13-11-18(15-21(22)28)9-6-14-26-20(16-23(29)30)24(31)27-19(25(32)34-2)12-10-17-7-4-3-5-8-17/h3-5,7-8,11,13,15,19-20,26,28H,6,9-10,12,14,16H2,1-2H3,(H,27,31)(H,29,30)/t19?,20-/m0/s1. The van der Waals surface area contributed by atoms with Crippen LogP contribution < -0.4 is 15.4 Å². The number of esters is 1. The number of hydrogen-bond donors (Lipinski definition) is 4. The fourth-order valence-electron chi connectivity index (χ4n) is 3.51. The van der Waals surface area contributed by atoms with Gasteiger partial charge in [0.25, 0.3) is 0 Å². The van der Waals surface area contributed by atoms with E-state index in [1.807, 2.05) is 36.4 Å². The topological polar surface area (TPSA) is 134 Å². The van der Waals surface area contributed by atoms with E-state index in [9.17, 15) is 24.6 Å². The van der Waals surface area contributed by atoms with Gasteiger partial charge in [-0.25, -0.2) is 4.79 Å². The molecule has 0 fully saturated rings. The van der Waals surface area contributed by atoms with E-state index in [1.54, 1.807) is 12.1 Å². The molecule has 0 heterocycles. The van der Waals surface area contributed by atoms with Crippen LogP contribution in [-0.2, 0) is 32.0 Å². The molecule has 0 saturated carbocycles. The number of nitrogens with one attached hydrogen (secondary N) is 2. The Kier molecular flexibility index (Phi) is 10.9. The van der Waals surface area contributed by atoms with Crippen molar-refractivity contribution in [1.82, 2.24) is 10.6 Å². The molecule has 184 valence electrons. The molecule has 2 aromatic carbocycles. The van der Waals surface area contributed by atoms with Crippen molar-refractivity contribution in [3.63, 3.8) is 0 Å². The van der Waals surface area contributed by atoms with Gasteiger partial charge in [-0.1, -0.05) is 36.4 Å². The first-order valence-electron chi connectivity index (χ1n) is 11.1. The molecule has 2 atom stereocenters. The summed E-state index contributed by atoms with van der Waals surface area (Å²) in [6.07, 6.45) is 1.65. The minimum Gasteiger partial charge on any atom is -0.504 e. The molecule has 0 aromatic heterocycles. The summed E-state index contributed by atoms with van der Waals surface area (Å²) < 4.78 is 9.84. The van der Waals surface area contributed by atoms with Crippen molar-refractivity contribution in [2.45, 2.75) is 44.2 Å². The van der Waals surface area contributed by atoms with Crippen molar-refractivity contribution in [3.05, 3.63) is 59.7 Å². The summed E-state index contributed by atoms with van der Waals surface area (Å²) in [4.78, 5) is 36.3. The molecule has 9 nitrogen and oxygen atoms in total. The zero-order chi connectivity index (χ0) is 24.9. The summed E-state index contributed by atoms with van der Waals surface area (Å²) >= 11 is 0. The number of phenols is 1. The van der Waals surface area contributed by atoms with Gasteiger partial charge in [-0.15, -0.1) is 0 Å². The molecule has 1 unspecified atom stereocenters. The van der Waals surface area contributed by atoms with Crippen LogP contribution in [0.2, 0.25) is 0 Å². The van der Waals surface area contributed by atoms with Crippen LogP contribution in [0.1, 0.15) is 30.4 Å². The van der Waals surface area contributed by atoms with E-state index >= 15 is 0 Å². The molecular weight excluding hydrogens is 440 g/mol. The summed E-state index contributed by atoms with van der Waals surface area (Å²) in [5, 5.41) is 24.7. The zero-order valence-electron chi connectivity index (χ0n) is 19.5. The van der Waals surface area contributed by atoms with Crippen LogP contribution in [-0.4, -0.2) is 60.9 Å². The first kappa shape index (κ1) is 26.7. The summed E-state index contributed by atoms with van der Waals surface area (Å²) in [6, 6.07) is 12.7. The summed E-state index contributed by atoms with van der Waals surface area (Å²) in [5.74, 6) is -1.87. The number of rotatable bonds is 14. The lowest BCUT2D eigenvalue weighted by molar-refractivity contribution is -0.145. The smallest absolute Gasteiger partial charge is 0.328 e. The first-order chi connectivity index (χ1) is 16.3.